The van der Waals surface area contributed by atoms with E-state index < -0.39 is 38.0 Å². The van der Waals surface area contributed by atoms with Crippen molar-refractivity contribution >= 4 is 105 Å². The van der Waals surface area contributed by atoms with Gasteiger partial charge in [0, 0.05) is 0 Å². The molecule has 1 saturated heterocycles. The van der Waals surface area contributed by atoms with Crippen molar-refractivity contribution in [3.8, 4) is 0 Å². The zero-order valence-electron chi connectivity index (χ0n) is 24.5. The zero-order valence-corrected chi connectivity index (χ0v) is 29.5. The number of hydrogen-bond acceptors (Lipinski definition) is 0. The van der Waals surface area contributed by atoms with E-state index in [4.69, 9.17) is 34.4 Å². The van der Waals surface area contributed by atoms with Crippen LogP contribution in [-0.4, -0.2) is 15.0 Å². The molecule has 0 unspecified atom stereocenters. The number of hydrogen-bond donors (Lipinski definition) is 0. The van der Waals surface area contributed by atoms with Crippen molar-refractivity contribution in [2.45, 2.75) is 0 Å². The summed E-state index contributed by atoms with van der Waals surface area (Å²) in [4.78, 5) is 0. The van der Waals surface area contributed by atoms with Gasteiger partial charge in [-0.05, 0) is 0 Å². The molecule has 0 aromatic heterocycles. The van der Waals surface area contributed by atoms with Crippen molar-refractivity contribution in [1.82, 2.24) is 0 Å². The fourth-order valence-corrected chi connectivity index (χ4v) is 33.3. The van der Waals surface area contributed by atoms with Crippen LogP contribution in [0.15, 0.2) is 182 Å². The van der Waals surface area contributed by atoms with Crippen LogP contribution in [-0.2, 0) is 0 Å². The van der Waals surface area contributed by atoms with Gasteiger partial charge in [0.05, 0.1) is 0 Å². The Bertz CT molecular complexity index is 1620. The molecule has 0 spiro atoms. The van der Waals surface area contributed by atoms with E-state index in [0.29, 0.717) is 0 Å². The minimum atomic E-state index is -1.91. The maximum atomic E-state index is 8.72. The Kier molecular flexibility index (Phi) is 9.08. The van der Waals surface area contributed by atoms with Gasteiger partial charge >= 0.3 is 0 Å². The van der Waals surface area contributed by atoms with Crippen molar-refractivity contribution in [1.29, 1.82) is 0 Å². The second-order valence-corrected chi connectivity index (χ2v) is 25.1. The molecule has 0 amide bonds. The first-order valence-corrected chi connectivity index (χ1v) is 21.0. The smallest absolute Gasteiger partial charge is 0.103 e. The average molecular weight is 694 g/mol. The summed E-state index contributed by atoms with van der Waals surface area (Å²) in [7, 11) is -3.72. The van der Waals surface area contributed by atoms with Crippen molar-refractivity contribution < 1.29 is 0 Å². The molecule has 0 N–H and O–H groups in total. The van der Waals surface area contributed by atoms with Crippen LogP contribution >= 0.6 is 57.4 Å². The van der Waals surface area contributed by atoms with Crippen LogP contribution in [0.5, 0.6) is 0 Å². The largest absolute Gasteiger partial charge is 0.377 e. The van der Waals surface area contributed by atoms with Crippen molar-refractivity contribution in [3.63, 3.8) is 0 Å². The summed E-state index contributed by atoms with van der Waals surface area (Å²) < 4.78 is 0. The molecule has 0 atom stereocenters. The first-order valence-electron chi connectivity index (χ1n) is 15.2. The SMILES string of the molecule is Cl[B-]1(c2ccccc2)P(c2ccccc2)[B-](Cl)(c2ccccc2)P(c2ccccc2)[B-](Cl)(c2ccccc2)P1c1ccccc1. The maximum absolute atomic E-state index is 8.72. The fraction of sp³-hybridized carbons (Fsp3) is 0. The third-order valence-electron chi connectivity index (χ3n) is 9.05. The molecule has 0 aliphatic carbocycles. The van der Waals surface area contributed by atoms with Gasteiger partial charge in [-0.3, -0.25) is 0 Å². The molecule has 0 saturated carbocycles. The standard InChI is InChI=1S/C36H30B3Cl3P3/c40-37(31-19-7-1-8-20-31)43(34-25-13-4-14-26-34)38(41,32-21-9-2-10-22-32)45(36-29-17-6-18-30-36)39(42,33-23-11-3-12-24-33)44(37)35-27-15-5-16-28-35/h1-30H/q-3. The molecule has 7 rings (SSSR count). The van der Waals surface area contributed by atoms with Crippen molar-refractivity contribution in [2.24, 2.45) is 0 Å². The summed E-state index contributed by atoms with van der Waals surface area (Å²) >= 11 is 26.1. The molecule has 222 valence electrons. The van der Waals surface area contributed by atoms with Gasteiger partial charge in [0.25, 0.3) is 0 Å². The normalized spacial score (nSPS) is 27.9. The van der Waals surface area contributed by atoms with Gasteiger partial charge in [-0.25, -0.2) is 0 Å². The summed E-state index contributed by atoms with van der Waals surface area (Å²) in [5.74, 6) is 0. The molecule has 0 bridgehead atoms. The van der Waals surface area contributed by atoms with E-state index in [-0.39, 0.29) is 0 Å². The van der Waals surface area contributed by atoms with E-state index in [1.165, 1.54) is 15.9 Å². The van der Waals surface area contributed by atoms with Gasteiger partial charge in [0.2, 0.25) is 0 Å². The van der Waals surface area contributed by atoms with Gasteiger partial charge in [0.1, 0.15) is 15.0 Å². The zero-order chi connectivity index (χ0) is 30.9. The fourth-order valence-electron chi connectivity index (χ4n) is 7.23. The van der Waals surface area contributed by atoms with Crippen LogP contribution in [0.2, 0.25) is 0 Å². The molecular formula is C36H30B3Cl3P3-3. The first kappa shape index (κ1) is 31.3. The average Bonchev–Trinajstić information content (AvgIpc) is 3.11. The van der Waals surface area contributed by atoms with Crippen LogP contribution in [0, 0.1) is 0 Å². The quantitative estimate of drug-likeness (QED) is 0.121. The minimum Gasteiger partial charge on any atom is -0.377 e. The summed E-state index contributed by atoms with van der Waals surface area (Å²) in [6, 6.07) is 64.8. The molecule has 0 nitrogen and oxygen atoms in total. The van der Waals surface area contributed by atoms with Gasteiger partial charge in [-0.15, -0.1) is 0 Å². The van der Waals surface area contributed by atoms with Crippen molar-refractivity contribution in [3.05, 3.63) is 182 Å². The van der Waals surface area contributed by atoms with Gasteiger partial charge < -0.3 is 57.4 Å². The summed E-state index contributed by atoms with van der Waals surface area (Å²) in [6.45, 7) is 0. The van der Waals surface area contributed by atoms with Crippen LogP contribution in [0.1, 0.15) is 0 Å². The highest BCUT2D eigenvalue weighted by Gasteiger charge is 2.57. The van der Waals surface area contributed by atoms with E-state index in [2.05, 4.69) is 182 Å². The molecule has 9 heteroatoms. The summed E-state index contributed by atoms with van der Waals surface area (Å²) in [5, 5.41) is -2.06. The number of rotatable bonds is 6. The van der Waals surface area contributed by atoms with E-state index >= 15 is 0 Å². The third-order valence-corrected chi connectivity index (χ3v) is 27.0. The molecule has 1 heterocycles. The Hall–Kier alpha value is -2.33. The van der Waals surface area contributed by atoms with Crippen LogP contribution in [0.4, 0.5) is 0 Å². The van der Waals surface area contributed by atoms with E-state index in [9.17, 15) is 0 Å². The monoisotopic (exact) mass is 693 g/mol. The van der Waals surface area contributed by atoms with Gasteiger partial charge in [-0.2, -0.15) is 16.4 Å². The molecule has 45 heavy (non-hydrogen) atoms. The van der Waals surface area contributed by atoms with E-state index in [0.717, 1.165) is 16.4 Å². The van der Waals surface area contributed by atoms with Crippen LogP contribution < -0.4 is 32.3 Å². The molecule has 6 aromatic rings. The second kappa shape index (κ2) is 13.1. The van der Waals surface area contributed by atoms with E-state index in [1.54, 1.807) is 0 Å². The Labute approximate surface area is 285 Å². The summed E-state index contributed by atoms with van der Waals surface area (Å²) in [6.07, 6.45) is 0. The Balaban J connectivity index is 1.71. The summed E-state index contributed by atoms with van der Waals surface area (Å²) in [5.41, 5.74) is 3.41. The molecule has 6 aromatic carbocycles. The van der Waals surface area contributed by atoms with Crippen LogP contribution in [0.25, 0.3) is 0 Å². The lowest BCUT2D eigenvalue weighted by atomic mass is 9.86. The molecule has 1 fully saturated rings. The number of benzene rings is 6. The molecule has 1 aliphatic rings. The highest BCUT2D eigenvalue weighted by atomic mass is 35.5. The predicted molar refractivity (Wildman–Crippen MR) is 212 cm³/mol. The lowest BCUT2D eigenvalue weighted by Gasteiger charge is -2.81. The molecule has 0 radical (unpaired) electrons. The Morgan fingerprint density at radius 1 is 0.267 bits per heavy atom. The number of halogens is 3. The topological polar surface area (TPSA) is 0 Å². The lowest BCUT2D eigenvalue weighted by molar-refractivity contribution is 1.76. The van der Waals surface area contributed by atoms with Gasteiger partial charge in [-0.1, -0.05) is 198 Å². The van der Waals surface area contributed by atoms with Crippen molar-refractivity contribution in [2.75, 3.05) is 0 Å². The first-order chi connectivity index (χ1) is 22.0. The highest BCUT2D eigenvalue weighted by molar-refractivity contribution is 8.78. The molecular weight excluding hydrogens is 664 g/mol. The second-order valence-electron chi connectivity index (χ2n) is 11.5. The Morgan fingerprint density at radius 3 is 0.644 bits per heavy atom. The molecule has 1 aliphatic heterocycles. The third kappa shape index (κ3) is 5.26. The van der Waals surface area contributed by atoms with Gasteiger partial charge in [0.15, 0.2) is 0 Å². The lowest BCUT2D eigenvalue weighted by Crippen LogP contribution is -2.67. The van der Waals surface area contributed by atoms with Crippen LogP contribution in [0.3, 0.4) is 0 Å². The minimum absolute atomic E-state index is 1.14. The Morgan fingerprint density at radius 2 is 0.444 bits per heavy atom. The highest BCUT2D eigenvalue weighted by Crippen LogP contribution is 2.87. The predicted octanol–water partition coefficient (Wildman–Crippen LogP) is 8.68. The van der Waals surface area contributed by atoms with E-state index in [1.807, 2.05) is 0 Å². The maximum Gasteiger partial charge on any atom is 0.103 e.